The zero-order chi connectivity index (χ0) is 14.4. The lowest BCUT2D eigenvalue weighted by Gasteiger charge is -2.30. The normalized spacial score (nSPS) is 23.4. The molecule has 0 spiro atoms. The van der Waals surface area contributed by atoms with Gasteiger partial charge in [0, 0.05) is 38.5 Å². The van der Waals surface area contributed by atoms with Gasteiger partial charge in [-0.3, -0.25) is 9.59 Å². The summed E-state index contributed by atoms with van der Waals surface area (Å²) in [5, 5.41) is 0. The summed E-state index contributed by atoms with van der Waals surface area (Å²) in [6.07, 6.45) is 8.98. The molecular formula is C16H28N2O2. The van der Waals surface area contributed by atoms with Gasteiger partial charge in [0.05, 0.1) is 0 Å². The highest BCUT2D eigenvalue weighted by atomic mass is 16.2. The Morgan fingerprint density at radius 1 is 0.900 bits per heavy atom. The van der Waals surface area contributed by atoms with Gasteiger partial charge >= 0.3 is 0 Å². The summed E-state index contributed by atoms with van der Waals surface area (Å²) in [4.78, 5) is 28.1. The van der Waals surface area contributed by atoms with Crippen LogP contribution in [-0.4, -0.2) is 47.3 Å². The molecule has 4 nitrogen and oxygen atoms in total. The maximum atomic E-state index is 12.1. The highest BCUT2D eigenvalue weighted by molar-refractivity contribution is 5.77. The fourth-order valence-electron chi connectivity index (χ4n) is 3.24. The van der Waals surface area contributed by atoms with Crippen LogP contribution in [0.5, 0.6) is 0 Å². The molecular weight excluding hydrogens is 252 g/mol. The van der Waals surface area contributed by atoms with Gasteiger partial charge in [-0.2, -0.15) is 0 Å². The van der Waals surface area contributed by atoms with Gasteiger partial charge in [0.25, 0.3) is 0 Å². The smallest absolute Gasteiger partial charge is 0.222 e. The third kappa shape index (κ3) is 4.22. The number of amides is 2. The standard InChI is InChI=1S/C16H28N2O2/c1-14(18-12-7-3-5-9-16(18)20)10-13-17-11-6-2-4-8-15(17)19/h14H,2-13H2,1H3. The number of rotatable bonds is 4. The summed E-state index contributed by atoms with van der Waals surface area (Å²) in [7, 11) is 0. The maximum Gasteiger partial charge on any atom is 0.222 e. The Morgan fingerprint density at radius 2 is 1.55 bits per heavy atom. The van der Waals surface area contributed by atoms with E-state index in [9.17, 15) is 9.59 Å². The van der Waals surface area contributed by atoms with Crippen LogP contribution >= 0.6 is 0 Å². The molecule has 0 bridgehead atoms. The van der Waals surface area contributed by atoms with E-state index in [2.05, 4.69) is 6.92 Å². The van der Waals surface area contributed by atoms with Gasteiger partial charge in [-0.25, -0.2) is 0 Å². The van der Waals surface area contributed by atoms with Crippen LogP contribution in [0.4, 0.5) is 0 Å². The SMILES string of the molecule is CC(CCN1CCCCCC1=O)N1CCCCCC1=O. The van der Waals surface area contributed by atoms with Gasteiger partial charge in [-0.05, 0) is 39.0 Å². The first-order valence-corrected chi connectivity index (χ1v) is 8.26. The number of hydrogen-bond donors (Lipinski definition) is 0. The molecule has 114 valence electrons. The van der Waals surface area contributed by atoms with Gasteiger partial charge in [0.1, 0.15) is 0 Å². The lowest BCUT2D eigenvalue weighted by Crippen LogP contribution is -2.41. The Morgan fingerprint density at radius 3 is 2.30 bits per heavy atom. The third-order valence-corrected chi connectivity index (χ3v) is 4.63. The van der Waals surface area contributed by atoms with E-state index in [0.717, 1.165) is 51.7 Å². The molecule has 0 radical (unpaired) electrons. The molecule has 2 amide bonds. The third-order valence-electron chi connectivity index (χ3n) is 4.63. The van der Waals surface area contributed by atoms with Crippen molar-refractivity contribution >= 4 is 11.8 Å². The van der Waals surface area contributed by atoms with E-state index in [1.807, 2.05) is 9.80 Å². The van der Waals surface area contributed by atoms with Crippen molar-refractivity contribution in [3.63, 3.8) is 0 Å². The average Bonchev–Trinajstić information content (AvgIpc) is 2.77. The molecule has 0 aromatic heterocycles. The fraction of sp³-hybridized carbons (Fsp3) is 0.875. The maximum absolute atomic E-state index is 12.1. The summed E-state index contributed by atoms with van der Waals surface area (Å²) in [6, 6.07) is 0.261. The molecule has 2 saturated heterocycles. The second kappa shape index (κ2) is 7.65. The van der Waals surface area contributed by atoms with Crippen LogP contribution in [0.15, 0.2) is 0 Å². The lowest BCUT2D eigenvalue weighted by atomic mass is 10.1. The largest absolute Gasteiger partial charge is 0.343 e. The Labute approximate surface area is 122 Å². The Balaban J connectivity index is 1.82. The molecule has 0 aromatic carbocycles. The Kier molecular flexibility index (Phi) is 5.86. The number of nitrogens with zero attached hydrogens (tertiary/aromatic N) is 2. The van der Waals surface area contributed by atoms with E-state index in [1.54, 1.807) is 0 Å². The monoisotopic (exact) mass is 280 g/mol. The second-order valence-electron chi connectivity index (χ2n) is 6.23. The minimum atomic E-state index is 0.261. The van der Waals surface area contributed by atoms with Gasteiger partial charge in [0.15, 0.2) is 0 Å². The summed E-state index contributed by atoms with van der Waals surface area (Å²) < 4.78 is 0. The molecule has 2 fully saturated rings. The quantitative estimate of drug-likeness (QED) is 0.794. The topological polar surface area (TPSA) is 40.6 Å². The summed E-state index contributed by atoms with van der Waals surface area (Å²) in [6.45, 7) is 4.74. The summed E-state index contributed by atoms with van der Waals surface area (Å²) in [5.74, 6) is 0.606. The number of likely N-dealkylation sites (tertiary alicyclic amines) is 2. The minimum Gasteiger partial charge on any atom is -0.343 e. The molecule has 0 N–H and O–H groups in total. The number of carbonyl (C=O) groups is 2. The molecule has 0 saturated carbocycles. The van der Waals surface area contributed by atoms with E-state index >= 15 is 0 Å². The molecule has 0 aliphatic carbocycles. The fourth-order valence-corrected chi connectivity index (χ4v) is 3.24. The molecule has 1 unspecified atom stereocenters. The number of hydrogen-bond acceptors (Lipinski definition) is 2. The van der Waals surface area contributed by atoms with Crippen LogP contribution in [0.3, 0.4) is 0 Å². The molecule has 2 aliphatic heterocycles. The molecule has 2 rings (SSSR count). The highest BCUT2D eigenvalue weighted by Crippen LogP contribution is 2.17. The van der Waals surface area contributed by atoms with Crippen molar-refractivity contribution in [2.75, 3.05) is 19.6 Å². The second-order valence-corrected chi connectivity index (χ2v) is 6.23. The summed E-state index contributed by atoms with van der Waals surface area (Å²) >= 11 is 0. The lowest BCUT2D eigenvalue weighted by molar-refractivity contribution is -0.133. The summed E-state index contributed by atoms with van der Waals surface area (Å²) in [5.41, 5.74) is 0. The zero-order valence-corrected chi connectivity index (χ0v) is 12.8. The molecule has 1 atom stereocenters. The van der Waals surface area contributed by atoms with Gasteiger partial charge in [0.2, 0.25) is 11.8 Å². The first kappa shape index (κ1) is 15.3. The van der Waals surface area contributed by atoms with Crippen LogP contribution in [0.1, 0.15) is 64.7 Å². The van der Waals surface area contributed by atoms with E-state index in [4.69, 9.17) is 0 Å². The van der Waals surface area contributed by atoms with Crippen molar-refractivity contribution < 1.29 is 9.59 Å². The van der Waals surface area contributed by atoms with Crippen LogP contribution in [0, 0.1) is 0 Å². The Hall–Kier alpha value is -1.06. The van der Waals surface area contributed by atoms with E-state index < -0.39 is 0 Å². The van der Waals surface area contributed by atoms with Crippen LogP contribution in [-0.2, 0) is 9.59 Å². The van der Waals surface area contributed by atoms with E-state index in [-0.39, 0.29) is 6.04 Å². The average molecular weight is 280 g/mol. The highest BCUT2D eigenvalue weighted by Gasteiger charge is 2.23. The van der Waals surface area contributed by atoms with Crippen LogP contribution < -0.4 is 0 Å². The zero-order valence-electron chi connectivity index (χ0n) is 12.8. The predicted molar refractivity (Wildman–Crippen MR) is 79.3 cm³/mol. The van der Waals surface area contributed by atoms with Gasteiger partial charge < -0.3 is 9.80 Å². The van der Waals surface area contributed by atoms with Crippen molar-refractivity contribution in [2.24, 2.45) is 0 Å². The van der Waals surface area contributed by atoms with Crippen LogP contribution in [0.25, 0.3) is 0 Å². The first-order chi connectivity index (χ1) is 9.68. The van der Waals surface area contributed by atoms with Crippen molar-refractivity contribution in [2.45, 2.75) is 70.8 Å². The predicted octanol–water partition coefficient (Wildman–Crippen LogP) is 2.57. The Bertz CT molecular complexity index is 343. The van der Waals surface area contributed by atoms with Gasteiger partial charge in [-0.1, -0.05) is 12.8 Å². The molecule has 20 heavy (non-hydrogen) atoms. The minimum absolute atomic E-state index is 0.261. The molecule has 4 heteroatoms. The van der Waals surface area contributed by atoms with Crippen molar-refractivity contribution in [1.29, 1.82) is 0 Å². The van der Waals surface area contributed by atoms with Gasteiger partial charge in [-0.15, -0.1) is 0 Å². The molecule has 2 heterocycles. The van der Waals surface area contributed by atoms with E-state index in [1.165, 1.54) is 12.8 Å². The van der Waals surface area contributed by atoms with Crippen molar-refractivity contribution in [3.8, 4) is 0 Å². The van der Waals surface area contributed by atoms with Crippen LogP contribution in [0.2, 0.25) is 0 Å². The molecule has 0 aromatic rings. The van der Waals surface area contributed by atoms with Crippen molar-refractivity contribution in [1.82, 2.24) is 9.80 Å². The first-order valence-electron chi connectivity index (χ1n) is 8.26. The van der Waals surface area contributed by atoms with E-state index in [0.29, 0.717) is 24.7 Å². The molecule has 2 aliphatic rings. The van der Waals surface area contributed by atoms with Crippen molar-refractivity contribution in [3.05, 3.63) is 0 Å². The number of carbonyl (C=O) groups excluding carboxylic acids is 2.